The standard InChI is InChI=1S/C56H34N2O2/c1-2-13-40-36(12-1)32-48(42-15-4-3-14-41(40)42)35-24-26-37(27-25-35)57(38-29-31-54-49(33-38)45-18-7-10-23-53(45)59-54)39-28-30-46-47-19-11-22-52(56(47)60-55(46)34-39)58-50-20-8-5-16-43(50)44-17-6-9-21-51(44)58/h1-34H. The Hall–Kier alpha value is -8.08. The van der Waals surface area contributed by atoms with Gasteiger partial charge in [0.05, 0.1) is 16.7 Å². The van der Waals surface area contributed by atoms with Crippen LogP contribution in [0.3, 0.4) is 0 Å². The van der Waals surface area contributed by atoms with Gasteiger partial charge in [-0.25, -0.2) is 0 Å². The van der Waals surface area contributed by atoms with E-state index in [4.69, 9.17) is 8.83 Å². The highest BCUT2D eigenvalue weighted by Gasteiger charge is 2.21. The molecule has 0 unspecified atom stereocenters. The van der Waals surface area contributed by atoms with Crippen LogP contribution in [0.2, 0.25) is 0 Å². The van der Waals surface area contributed by atoms with Crippen molar-refractivity contribution in [2.24, 2.45) is 0 Å². The molecule has 0 atom stereocenters. The number of nitrogens with zero attached hydrogens (tertiary/aromatic N) is 2. The van der Waals surface area contributed by atoms with E-state index < -0.39 is 0 Å². The van der Waals surface area contributed by atoms with E-state index in [-0.39, 0.29) is 0 Å². The fourth-order valence-electron chi connectivity index (χ4n) is 9.65. The van der Waals surface area contributed by atoms with Crippen molar-refractivity contribution < 1.29 is 8.83 Å². The monoisotopic (exact) mass is 766 g/mol. The van der Waals surface area contributed by atoms with E-state index >= 15 is 0 Å². The highest BCUT2D eigenvalue weighted by Crippen LogP contribution is 2.44. The maximum Gasteiger partial charge on any atom is 0.159 e. The van der Waals surface area contributed by atoms with Crippen molar-refractivity contribution in [3.63, 3.8) is 0 Å². The Morgan fingerprint density at radius 3 is 1.72 bits per heavy atom. The quantitative estimate of drug-likeness (QED) is 0.164. The number of furan rings is 2. The first-order chi connectivity index (χ1) is 29.7. The minimum atomic E-state index is 0.829. The number of hydrogen-bond acceptors (Lipinski definition) is 3. The molecule has 280 valence electrons. The molecular weight excluding hydrogens is 733 g/mol. The summed E-state index contributed by atoms with van der Waals surface area (Å²) >= 11 is 0. The molecule has 0 bridgehead atoms. The van der Waals surface area contributed by atoms with E-state index in [0.29, 0.717) is 0 Å². The molecule has 4 heteroatoms. The Morgan fingerprint density at radius 1 is 0.333 bits per heavy atom. The second kappa shape index (κ2) is 12.7. The molecule has 0 aliphatic rings. The average Bonchev–Trinajstić information content (AvgIpc) is 3.98. The molecule has 0 spiro atoms. The Balaban J connectivity index is 0.996. The molecule has 4 nitrogen and oxygen atoms in total. The zero-order valence-electron chi connectivity index (χ0n) is 32.3. The third-order valence-corrected chi connectivity index (χ3v) is 12.4. The van der Waals surface area contributed by atoms with Gasteiger partial charge in [-0.2, -0.15) is 0 Å². The van der Waals surface area contributed by atoms with Gasteiger partial charge >= 0.3 is 0 Å². The topological polar surface area (TPSA) is 34.5 Å². The lowest BCUT2D eigenvalue weighted by Crippen LogP contribution is -2.09. The zero-order chi connectivity index (χ0) is 39.3. The van der Waals surface area contributed by atoms with Gasteiger partial charge in [-0.05, 0) is 105 Å². The molecule has 10 aromatic carbocycles. The zero-order valence-corrected chi connectivity index (χ0v) is 32.3. The molecule has 0 saturated heterocycles. The molecule has 0 saturated carbocycles. The van der Waals surface area contributed by atoms with Crippen LogP contribution in [0.1, 0.15) is 0 Å². The second-order valence-corrected chi connectivity index (χ2v) is 15.7. The van der Waals surface area contributed by atoms with Crippen LogP contribution in [0, 0.1) is 0 Å². The smallest absolute Gasteiger partial charge is 0.159 e. The van der Waals surface area contributed by atoms with Gasteiger partial charge in [0, 0.05) is 55.4 Å². The van der Waals surface area contributed by atoms with Crippen LogP contribution in [-0.4, -0.2) is 4.57 Å². The van der Waals surface area contributed by atoms with E-state index in [1.807, 2.05) is 12.1 Å². The van der Waals surface area contributed by atoms with Gasteiger partial charge in [0.1, 0.15) is 16.7 Å². The summed E-state index contributed by atoms with van der Waals surface area (Å²) in [5.41, 5.74) is 12.2. The fraction of sp³-hybridized carbons (Fsp3) is 0. The summed E-state index contributed by atoms with van der Waals surface area (Å²) in [5, 5.41) is 11.8. The van der Waals surface area contributed by atoms with Crippen LogP contribution in [0.5, 0.6) is 0 Å². The summed E-state index contributed by atoms with van der Waals surface area (Å²) in [6.07, 6.45) is 0. The molecule has 13 rings (SSSR count). The van der Waals surface area contributed by atoms with E-state index in [1.54, 1.807) is 0 Å². The van der Waals surface area contributed by atoms with Crippen molar-refractivity contribution in [3.05, 3.63) is 206 Å². The predicted molar refractivity (Wildman–Crippen MR) is 250 cm³/mol. The first-order valence-corrected chi connectivity index (χ1v) is 20.4. The Kier molecular flexibility index (Phi) is 6.98. The highest BCUT2D eigenvalue weighted by atomic mass is 16.3. The lowest BCUT2D eigenvalue weighted by Gasteiger charge is -2.26. The Labute approximate surface area is 344 Å². The summed E-state index contributed by atoms with van der Waals surface area (Å²) in [4.78, 5) is 2.32. The van der Waals surface area contributed by atoms with Gasteiger partial charge in [0.2, 0.25) is 0 Å². The van der Waals surface area contributed by atoms with Gasteiger partial charge in [-0.1, -0.05) is 127 Å². The molecular formula is C56H34N2O2. The van der Waals surface area contributed by atoms with Crippen LogP contribution in [0.15, 0.2) is 215 Å². The molecule has 3 aromatic heterocycles. The molecule has 0 aliphatic carbocycles. The maximum absolute atomic E-state index is 6.97. The lowest BCUT2D eigenvalue weighted by molar-refractivity contribution is 0.666. The predicted octanol–water partition coefficient (Wildman–Crippen LogP) is 16.0. The Morgan fingerprint density at radius 2 is 0.917 bits per heavy atom. The number of anilines is 3. The highest BCUT2D eigenvalue weighted by molar-refractivity contribution is 6.15. The van der Waals surface area contributed by atoms with Crippen molar-refractivity contribution in [2.45, 2.75) is 0 Å². The van der Waals surface area contributed by atoms with Crippen LogP contribution in [0.4, 0.5) is 17.1 Å². The normalized spacial score (nSPS) is 12.0. The summed E-state index contributed by atoms with van der Waals surface area (Å²) in [7, 11) is 0. The maximum atomic E-state index is 6.97. The third kappa shape index (κ3) is 4.85. The molecule has 0 radical (unpaired) electrons. The van der Waals surface area contributed by atoms with Crippen molar-refractivity contribution >= 4 is 104 Å². The lowest BCUT2D eigenvalue weighted by atomic mass is 9.93. The number of aromatic nitrogens is 1. The van der Waals surface area contributed by atoms with Gasteiger partial charge in [0.15, 0.2) is 5.58 Å². The number of benzene rings is 10. The van der Waals surface area contributed by atoms with Gasteiger partial charge in [0.25, 0.3) is 0 Å². The van der Waals surface area contributed by atoms with E-state index in [9.17, 15) is 0 Å². The average molecular weight is 767 g/mol. The van der Waals surface area contributed by atoms with Crippen LogP contribution >= 0.6 is 0 Å². The van der Waals surface area contributed by atoms with Gasteiger partial charge in [-0.15, -0.1) is 0 Å². The van der Waals surface area contributed by atoms with Gasteiger partial charge < -0.3 is 18.3 Å². The van der Waals surface area contributed by atoms with Crippen molar-refractivity contribution in [1.29, 1.82) is 0 Å². The second-order valence-electron chi connectivity index (χ2n) is 15.7. The molecule has 0 N–H and O–H groups in total. The fourth-order valence-corrected chi connectivity index (χ4v) is 9.65. The number of rotatable bonds is 5. The van der Waals surface area contributed by atoms with Crippen LogP contribution in [0.25, 0.3) is 104 Å². The summed E-state index contributed by atoms with van der Waals surface area (Å²) in [6, 6.07) is 73.7. The molecule has 0 amide bonds. The summed E-state index contributed by atoms with van der Waals surface area (Å²) in [6.45, 7) is 0. The van der Waals surface area contributed by atoms with Crippen molar-refractivity contribution in [3.8, 4) is 16.8 Å². The number of hydrogen-bond donors (Lipinski definition) is 0. The Bertz CT molecular complexity index is 3790. The molecule has 3 heterocycles. The first kappa shape index (κ1) is 32.9. The van der Waals surface area contributed by atoms with E-state index in [1.165, 1.54) is 43.4 Å². The van der Waals surface area contributed by atoms with E-state index in [0.717, 1.165) is 77.7 Å². The number of para-hydroxylation sites is 4. The SMILES string of the molecule is c1ccc2c(c1)cc(-c1ccc(N(c3ccc4c(c3)oc3c(-n5c6ccccc6c6ccccc65)cccc34)c3ccc4oc5ccccc5c4c3)cc1)c1ccccc12. The van der Waals surface area contributed by atoms with Crippen LogP contribution in [-0.2, 0) is 0 Å². The molecule has 60 heavy (non-hydrogen) atoms. The molecule has 0 aliphatic heterocycles. The largest absolute Gasteiger partial charge is 0.456 e. The summed E-state index contributed by atoms with van der Waals surface area (Å²) in [5.74, 6) is 0. The third-order valence-electron chi connectivity index (χ3n) is 12.4. The van der Waals surface area contributed by atoms with Crippen LogP contribution < -0.4 is 4.90 Å². The van der Waals surface area contributed by atoms with E-state index in [2.05, 4.69) is 204 Å². The minimum Gasteiger partial charge on any atom is -0.456 e. The molecule has 13 aromatic rings. The minimum absolute atomic E-state index is 0.829. The van der Waals surface area contributed by atoms with Gasteiger partial charge in [-0.3, -0.25) is 0 Å². The number of fused-ring (bicyclic) bond motifs is 12. The van der Waals surface area contributed by atoms with Crippen molar-refractivity contribution in [1.82, 2.24) is 4.57 Å². The van der Waals surface area contributed by atoms with Crippen molar-refractivity contribution in [2.75, 3.05) is 4.90 Å². The molecule has 0 fully saturated rings. The summed E-state index contributed by atoms with van der Waals surface area (Å²) < 4.78 is 15.6. The first-order valence-electron chi connectivity index (χ1n) is 20.4.